The summed E-state index contributed by atoms with van der Waals surface area (Å²) in [5, 5.41) is 0. The van der Waals surface area contributed by atoms with E-state index in [4.69, 9.17) is 5.73 Å². The van der Waals surface area contributed by atoms with E-state index in [1.165, 1.54) is 0 Å². The molecule has 1 aromatic heterocycles. The first-order chi connectivity index (χ1) is 8.01. The summed E-state index contributed by atoms with van der Waals surface area (Å²) in [6.07, 6.45) is 6.67. The molecule has 0 saturated heterocycles. The van der Waals surface area contributed by atoms with Crippen LogP contribution in [-0.2, 0) is 17.8 Å². The van der Waals surface area contributed by atoms with Gasteiger partial charge in [0.15, 0.2) is 5.78 Å². The van der Waals surface area contributed by atoms with Gasteiger partial charge in [-0.25, -0.2) is 4.98 Å². The summed E-state index contributed by atoms with van der Waals surface area (Å²) in [6.45, 7) is 6.86. The largest absolute Gasteiger partial charge is 0.335 e. The second kappa shape index (κ2) is 5.96. The minimum Gasteiger partial charge on any atom is -0.335 e. The van der Waals surface area contributed by atoms with Crippen molar-refractivity contribution in [3.8, 4) is 0 Å². The molecule has 0 amide bonds. The van der Waals surface area contributed by atoms with Crippen LogP contribution in [-0.4, -0.2) is 20.9 Å². The van der Waals surface area contributed by atoms with Gasteiger partial charge in [0, 0.05) is 18.9 Å². The Morgan fingerprint density at radius 3 is 2.76 bits per heavy atom. The van der Waals surface area contributed by atoms with E-state index < -0.39 is 5.54 Å². The molecule has 1 atom stereocenters. The first-order valence-corrected chi connectivity index (χ1v) is 6.33. The zero-order chi connectivity index (χ0) is 12.9. The van der Waals surface area contributed by atoms with Gasteiger partial charge in [-0.1, -0.05) is 20.3 Å². The third-order valence-corrected chi connectivity index (χ3v) is 2.99. The Morgan fingerprint density at radius 1 is 1.47 bits per heavy atom. The minimum absolute atomic E-state index is 0.0721. The highest BCUT2D eigenvalue weighted by atomic mass is 16.1. The highest BCUT2D eigenvalue weighted by Gasteiger charge is 2.27. The number of nitrogens with zero attached hydrogens (tertiary/aromatic N) is 2. The lowest BCUT2D eigenvalue weighted by molar-refractivity contribution is -0.123. The number of aromatic nitrogens is 2. The maximum absolute atomic E-state index is 12.1. The lowest BCUT2D eigenvalue weighted by atomic mass is 9.90. The number of aryl methyl sites for hydroxylation is 1. The molecule has 4 nitrogen and oxygen atoms in total. The summed E-state index contributed by atoms with van der Waals surface area (Å²) < 4.78 is 2.03. The summed E-state index contributed by atoms with van der Waals surface area (Å²) >= 11 is 0. The number of Topliss-reactive ketones (excluding diaryl/α,β-unsaturated/α-hetero) is 1. The van der Waals surface area contributed by atoms with Crippen LogP contribution in [0, 0.1) is 0 Å². The van der Waals surface area contributed by atoms with Crippen LogP contribution in [0.5, 0.6) is 0 Å². The van der Waals surface area contributed by atoms with Crippen molar-refractivity contribution in [2.45, 2.75) is 58.5 Å². The number of hydrogen-bond donors (Lipinski definition) is 1. The van der Waals surface area contributed by atoms with Crippen molar-refractivity contribution in [2.75, 3.05) is 0 Å². The van der Waals surface area contributed by atoms with Crippen molar-refractivity contribution in [2.24, 2.45) is 5.73 Å². The molecule has 1 heterocycles. The van der Waals surface area contributed by atoms with Gasteiger partial charge in [0.25, 0.3) is 0 Å². The number of hydrogen-bond acceptors (Lipinski definition) is 3. The lowest BCUT2D eigenvalue weighted by Crippen LogP contribution is -2.45. The minimum atomic E-state index is -0.724. The number of carbonyl (C=O) groups excluding carboxylic acids is 1. The molecule has 17 heavy (non-hydrogen) atoms. The van der Waals surface area contributed by atoms with Gasteiger partial charge < -0.3 is 10.3 Å². The van der Waals surface area contributed by atoms with Crippen LogP contribution in [0.25, 0.3) is 0 Å². The molecule has 0 spiro atoms. The topological polar surface area (TPSA) is 60.9 Å². The SMILES string of the molecule is CCCn1ccnc1CC(=O)C(C)(N)CCC. The number of ketones is 1. The molecule has 0 saturated carbocycles. The standard InChI is InChI=1S/C13H23N3O/c1-4-6-13(3,14)11(17)10-12-15-7-9-16(12)8-5-2/h7,9H,4-6,8,10,14H2,1-3H3. The van der Waals surface area contributed by atoms with E-state index in [9.17, 15) is 4.79 Å². The molecule has 2 N–H and O–H groups in total. The van der Waals surface area contributed by atoms with Gasteiger partial charge >= 0.3 is 0 Å². The highest BCUT2D eigenvalue weighted by molar-refractivity contribution is 5.89. The summed E-state index contributed by atoms with van der Waals surface area (Å²) in [5.74, 6) is 0.896. The molecule has 96 valence electrons. The van der Waals surface area contributed by atoms with Gasteiger partial charge in [0.2, 0.25) is 0 Å². The second-order valence-corrected chi connectivity index (χ2v) is 4.80. The molecule has 1 aromatic rings. The fraction of sp³-hybridized carbons (Fsp3) is 0.692. The fourth-order valence-corrected chi connectivity index (χ4v) is 1.96. The summed E-state index contributed by atoms with van der Waals surface area (Å²) in [6, 6.07) is 0. The van der Waals surface area contributed by atoms with Crippen molar-refractivity contribution in [3.63, 3.8) is 0 Å². The molecule has 4 heteroatoms. The molecule has 0 fully saturated rings. The molecule has 0 bridgehead atoms. The molecule has 1 rings (SSSR count). The molecule has 0 aliphatic carbocycles. The van der Waals surface area contributed by atoms with Gasteiger partial charge in [0.1, 0.15) is 5.82 Å². The van der Waals surface area contributed by atoms with Crippen LogP contribution in [0.3, 0.4) is 0 Å². The van der Waals surface area contributed by atoms with Crippen LogP contribution < -0.4 is 5.73 Å². The molecular formula is C13H23N3O. The zero-order valence-electron chi connectivity index (χ0n) is 11.1. The highest BCUT2D eigenvalue weighted by Crippen LogP contribution is 2.13. The number of rotatable bonds is 7. The number of nitrogens with two attached hydrogens (primary N) is 1. The van der Waals surface area contributed by atoms with E-state index >= 15 is 0 Å². The van der Waals surface area contributed by atoms with Gasteiger partial charge in [-0.2, -0.15) is 0 Å². The Morgan fingerprint density at radius 2 is 2.18 bits per heavy atom. The van der Waals surface area contributed by atoms with Crippen molar-refractivity contribution in [3.05, 3.63) is 18.2 Å². The van der Waals surface area contributed by atoms with Crippen molar-refractivity contribution in [1.29, 1.82) is 0 Å². The van der Waals surface area contributed by atoms with E-state index in [1.54, 1.807) is 6.20 Å². The van der Waals surface area contributed by atoms with E-state index in [-0.39, 0.29) is 5.78 Å². The van der Waals surface area contributed by atoms with Crippen LogP contribution in [0.15, 0.2) is 12.4 Å². The Labute approximate surface area is 103 Å². The molecule has 0 aromatic carbocycles. The molecule has 0 aliphatic heterocycles. The van der Waals surface area contributed by atoms with Crippen molar-refractivity contribution >= 4 is 5.78 Å². The monoisotopic (exact) mass is 237 g/mol. The predicted molar refractivity (Wildman–Crippen MR) is 68.7 cm³/mol. The first kappa shape index (κ1) is 13.9. The Hall–Kier alpha value is -1.16. The molecule has 0 aliphatic rings. The summed E-state index contributed by atoms with van der Waals surface area (Å²) in [4.78, 5) is 16.3. The van der Waals surface area contributed by atoms with Gasteiger partial charge in [-0.3, -0.25) is 4.79 Å². The third kappa shape index (κ3) is 3.66. The molecule has 0 radical (unpaired) electrons. The third-order valence-electron chi connectivity index (χ3n) is 2.99. The van der Waals surface area contributed by atoms with E-state index in [1.807, 2.05) is 24.6 Å². The smallest absolute Gasteiger partial charge is 0.159 e. The van der Waals surface area contributed by atoms with Crippen molar-refractivity contribution < 1.29 is 4.79 Å². The predicted octanol–water partition coefficient (Wildman–Crippen LogP) is 1.92. The van der Waals surface area contributed by atoms with Crippen LogP contribution in [0.2, 0.25) is 0 Å². The second-order valence-electron chi connectivity index (χ2n) is 4.80. The normalized spacial score (nSPS) is 14.6. The zero-order valence-corrected chi connectivity index (χ0v) is 11.1. The summed E-state index contributed by atoms with van der Waals surface area (Å²) in [7, 11) is 0. The van der Waals surface area contributed by atoms with E-state index in [0.29, 0.717) is 6.42 Å². The molecule has 1 unspecified atom stereocenters. The van der Waals surface area contributed by atoms with Crippen LogP contribution in [0.1, 0.15) is 45.9 Å². The lowest BCUT2D eigenvalue weighted by Gasteiger charge is -2.22. The quantitative estimate of drug-likeness (QED) is 0.788. The Balaban J connectivity index is 2.70. The van der Waals surface area contributed by atoms with Gasteiger partial charge in [-0.15, -0.1) is 0 Å². The number of carbonyl (C=O) groups is 1. The molecular weight excluding hydrogens is 214 g/mol. The van der Waals surface area contributed by atoms with Crippen LogP contribution >= 0.6 is 0 Å². The first-order valence-electron chi connectivity index (χ1n) is 6.33. The van der Waals surface area contributed by atoms with E-state index in [0.717, 1.165) is 31.6 Å². The average molecular weight is 237 g/mol. The van der Waals surface area contributed by atoms with Gasteiger partial charge in [-0.05, 0) is 19.8 Å². The fourth-order valence-electron chi connectivity index (χ4n) is 1.96. The number of imidazole rings is 1. The van der Waals surface area contributed by atoms with Gasteiger partial charge in [0.05, 0.1) is 12.0 Å². The van der Waals surface area contributed by atoms with Crippen LogP contribution in [0.4, 0.5) is 0 Å². The maximum atomic E-state index is 12.1. The van der Waals surface area contributed by atoms with E-state index in [2.05, 4.69) is 11.9 Å². The average Bonchev–Trinajstić information content (AvgIpc) is 2.66. The Bertz CT molecular complexity index is 368. The van der Waals surface area contributed by atoms with Crippen molar-refractivity contribution in [1.82, 2.24) is 9.55 Å². The summed E-state index contributed by atoms with van der Waals surface area (Å²) in [5.41, 5.74) is 5.30. The Kier molecular flexibility index (Phi) is 4.87. The maximum Gasteiger partial charge on any atom is 0.159 e.